The van der Waals surface area contributed by atoms with E-state index in [1.54, 1.807) is 0 Å². The fraction of sp³-hybridized carbons (Fsp3) is 0.500. The van der Waals surface area contributed by atoms with Crippen molar-refractivity contribution in [1.29, 1.82) is 0 Å². The van der Waals surface area contributed by atoms with Gasteiger partial charge in [0.1, 0.15) is 0 Å². The van der Waals surface area contributed by atoms with Gasteiger partial charge in [-0.05, 0) is 0 Å². The maximum atomic E-state index is 12.2. The third-order valence-electron chi connectivity index (χ3n) is 11.7. The number of fused-ring (bicyclic) bond motifs is 1. The minimum absolute atomic E-state index is 0.0205. The SMILES string of the molecule is Cc1cc(C)c(-c2cc(C(C)(C)C)cc(C[S]3=[Ti]=[S](Cc4cc(C(C)(C)C)cc(-c5c(C)cc(C)cc5C)c4O)[C@H]4CCCCCCC43)c2O)c(C)c1. The first-order chi connectivity index (χ1) is 24.8. The topological polar surface area (TPSA) is 40.5 Å². The quantitative estimate of drug-likeness (QED) is 0.191. The third-order valence-corrected chi connectivity index (χ3v) is 27.6. The summed E-state index contributed by atoms with van der Waals surface area (Å²) in [5, 5.41) is 25.9. The van der Waals surface area contributed by atoms with E-state index in [4.69, 9.17) is 0 Å². The first-order valence-electron chi connectivity index (χ1n) is 19.9. The molecule has 2 nitrogen and oxygen atoms in total. The van der Waals surface area contributed by atoms with Gasteiger partial charge in [-0.2, -0.15) is 0 Å². The van der Waals surface area contributed by atoms with Crippen LogP contribution in [0.2, 0.25) is 0 Å². The molecule has 4 aromatic carbocycles. The average molecular weight is 785 g/mol. The Hall–Kier alpha value is -2.11. The Morgan fingerprint density at radius 3 is 1.19 bits per heavy atom. The number of phenolic OH excluding ortho intramolecular Hbond substituents is 2. The van der Waals surface area contributed by atoms with Gasteiger partial charge in [-0.1, -0.05) is 0 Å². The van der Waals surface area contributed by atoms with Crippen LogP contribution in [0.3, 0.4) is 0 Å². The molecule has 1 fully saturated rings. The molecule has 1 aliphatic carbocycles. The molecule has 0 aromatic heterocycles. The molecule has 6 rings (SSSR count). The molecule has 2 aliphatic rings. The van der Waals surface area contributed by atoms with Crippen molar-refractivity contribution >= 4 is 15.9 Å². The van der Waals surface area contributed by atoms with Crippen molar-refractivity contribution in [3.05, 3.63) is 104 Å². The van der Waals surface area contributed by atoms with E-state index in [-0.39, 0.29) is 42.2 Å². The Morgan fingerprint density at radius 1 is 0.528 bits per heavy atom. The summed E-state index contributed by atoms with van der Waals surface area (Å²) in [4.78, 5) is 0. The molecule has 53 heavy (non-hydrogen) atoms. The Morgan fingerprint density at radius 2 is 0.868 bits per heavy atom. The van der Waals surface area contributed by atoms with E-state index in [2.05, 4.69) is 132 Å². The molecule has 0 radical (unpaired) electrons. The molecular weight excluding hydrogens is 721 g/mol. The van der Waals surface area contributed by atoms with Crippen LogP contribution >= 0.6 is 15.9 Å². The molecular formula is C48H64O2S2Ti. The van der Waals surface area contributed by atoms with Crippen LogP contribution in [0.15, 0.2) is 48.5 Å². The van der Waals surface area contributed by atoms with Gasteiger partial charge in [-0.3, -0.25) is 0 Å². The van der Waals surface area contributed by atoms with Crippen LogP contribution < -0.4 is 0 Å². The van der Waals surface area contributed by atoms with Gasteiger partial charge in [0.25, 0.3) is 0 Å². The zero-order chi connectivity index (χ0) is 38.6. The van der Waals surface area contributed by atoms with Crippen molar-refractivity contribution < 1.29 is 25.7 Å². The van der Waals surface area contributed by atoms with E-state index in [1.807, 2.05) is 0 Å². The zero-order valence-corrected chi connectivity index (χ0v) is 37.8. The van der Waals surface area contributed by atoms with Crippen molar-refractivity contribution in [2.75, 3.05) is 0 Å². The first-order valence-corrected chi connectivity index (χ1v) is 26.6. The normalized spacial score (nSPS) is 20.7. The molecule has 0 saturated heterocycles. The van der Waals surface area contributed by atoms with Gasteiger partial charge in [-0.15, -0.1) is 0 Å². The fourth-order valence-corrected chi connectivity index (χ4v) is 29.8. The van der Waals surface area contributed by atoms with E-state index in [0.717, 1.165) is 44.3 Å². The van der Waals surface area contributed by atoms with Crippen molar-refractivity contribution in [2.45, 2.75) is 154 Å². The van der Waals surface area contributed by atoms with Gasteiger partial charge < -0.3 is 0 Å². The minimum atomic E-state index is -0.337. The Labute approximate surface area is 331 Å². The van der Waals surface area contributed by atoms with Gasteiger partial charge in [0.05, 0.1) is 0 Å². The van der Waals surface area contributed by atoms with Crippen LogP contribution in [-0.4, -0.2) is 20.7 Å². The summed E-state index contributed by atoms with van der Waals surface area (Å²) in [5.74, 6) is 3.01. The molecule has 4 atom stereocenters. The molecule has 4 aromatic rings. The molecule has 1 heterocycles. The second kappa shape index (κ2) is 15.8. The van der Waals surface area contributed by atoms with Gasteiger partial charge in [0, 0.05) is 0 Å². The molecule has 0 amide bonds. The summed E-state index contributed by atoms with van der Waals surface area (Å²) in [6.07, 6.45) is 8.01. The van der Waals surface area contributed by atoms with Gasteiger partial charge >= 0.3 is 334 Å². The second-order valence-corrected chi connectivity index (χ2v) is 29.8. The van der Waals surface area contributed by atoms with Crippen molar-refractivity contribution in [1.82, 2.24) is 0 Å². The summed E-state index contributed by atoms with van der Waals surface area (Å²) < 4.78 is 0. The van der Waals surface area contributed by atoms with E-state index < -0.39 is 0 Å². The molecule has 284 valence electrons. The fourth-order valence-electron chi connectivity index (χ4n) is 9.00. The molecule has 2 N–H and O–H groups in total. The Kier molecular flexibility index (Phi) is 12.1. The van der Waals surface area contributed by atoms with Crippen LogP contribution in [-0.2, 0) is 37.8 Å². The molecule has 0 bridgehead atoms. The van der Waals surface area contributed by atoms with Crippen molar-refractivity contribution in [2.24, 2.45) is 0 Å². The number of aromatic hydroxyl groups is 2. The summed E-state index contributed by atoms with van der Waals surface area (Å²) >= 11 is -0.337. The van der Waals surface area contributed by atoms with Crippen LogP contribution in [0.4, 0.5) is 0 Å². The Balaban J connectivity index is 1.51. The number of phenols is 2. The van der Waals surface area contributed by atoms with E-state index in [0.29, 0.717) is 11.5 Å². The summed E-state index contributed by atoms with van der Waals surface area (Å²) in [5.41, 5.74) is 16.8. The summed E-state index contributed by atoms with van der Waals surface area (Å²) in [6.45, 7) is 27.0. The van der Waals surface area contributed by atoms with E-state index >= 15 is 0 Å². The molecule has 3 unspecified atom stereocenters. The number of hydrogen-bond acceptors (Lipinski definition) is 2. The second-order valence-electron chi connectivity index (χ2n) is 18.4. The third kappa shape index (κ3) is 8.67. The average Bonchev–Trinajstić information content (AvgIpc) is 3.31. The maximum absolute atomic E-state index is 12.2. The summed E-state index contributed by atoms with van der Waals surface area (Å²) in [7, 11) is 0.547. The first kappa shape index (κ1) is 40.6. The van der Waals surface area contributed by atoms with Crippen LogP contribution in [0.5, 0.6) is 11.5 Å². The van der Waals surface area contributed by atoms with Crippen molar-refractivity contribution in [3.8, 4) is 33.8 Å². The number of aryl methyl sites for hydroxylation is 6. The number of benzene rings is 4. The van der Waals surface area contributed by atoms with Gasteiger partial charge in [-0.25, -0.2) is 0 Å². The van der Waals surface area contributed by atoms with Crippen LogP contribution in [0.25, 0.3) is 22.3 Å². The summed E-state index contributed by atoms with van der Waals surface area (Å²) in [6, 6.07) is 18.3. The predicted molar refractivity (Wildman–Crippen MR) is 231 cm³/mol. The van der Waals surface area contributed by atoms with E-state index in [9.17, 15) is 10.2 Å². The van der Waals surface area contributed by atoms with Gasteiger partial charge in [0.2, 0.25) is 0 Å². The number of rotatable bonds is 6. The van der Waals surface area contributed by atoms with Crippen LogP contribution in [0.1, 0.15) is 136 Å². The van der Waals surface area contributed by atoms with Crippen LogP contribution in [0, 0.1) is 41.5 Å². The monoisotopic (exact) mass is 784 g/mol. The Bertz CT molecular complexity index is 1940. The zero-order valence-electron chi connectivity index (χ0n) is 34.6. The molecule has 5 heteroatoms. The van der Waals surface area contributed by atoms with Gasteiger partial charge in [0.15, 0.2) is 0 Å². The number of hydrogen-bond donors (Lipinski definition) is 2. The molecule has 0 spiro atoms. The standard InChI is InChI=1S/C48H64O2S2.Ti/c1-29-19-31(3)43(32(4)20-29)39-25-37(47(7,8)9)23-35(45(39)49)27-51-41-17-15-13-14-16-18-42(41)52-28-36-24-38(48(10,11)12)26-40(46(36)50)44-33(5)21-30(2)22-34(44)6;/h19-26,41-42,49-50H,13-18,27-28H2,1-12H3;/t41-,42?;/m0./s1. The molecule has 1 aliphatic heterocycles. The predicted octanol–water partition coefficient (Wildman–Crippen LogP) is 14.1. The molecule has 1 saturated carbocycles. The van der Waals surface area contributed by atoms with Crippen molar-refractivity contribution in [3.63, 3.8) is 0 Å². The van der Waals surface area contributed by atoms with E-state index in [1.165, 1.54) is 94.2 Å².